The van der Waals surface area contributed by atoms with Gasteiger partial charge in [-0.1, -0.05) is 13.8 Å². The Bertz CT molecular complexity index is 211. The zero-order chi connectivity index (χ0) is 9.68. The van der Waals surface area contributed by atoms with Crippen molar-refractivity contribution in [3.8, 4) is 0 Å². The number of aliphatic imine (C=N–C) groups is 1. The largest absolute Gasteiger partial charge is 0.356 e. The topological polar surface area (TPSA) is 53.5 Å². The molecule has 0 aromatic carbocycles. The summed E-state index contributed by atoms with van der Waals surface area (Å²) < 4.78 is 0. The van der Waals surface area contributed by atoms with Crippen molar-refractivity contribution in [2.24, 2.45) is 10.9 Å². The first-order chi connectivity index (χ1) is 6.20. The van der Waals surface area contributed by atoms with Crippen LogP contribution in [-0.2, 0) is 4.79 Å². The van der Waals surface area contributed by atoms with Crippen LogP contribution < -0.4 is 10.6 Å². The highest BCUT2D eigenvalue weighted by molar-refractivity contribution is 5.83. The number of hydrogen-bond donors (Lipinski definition) is 2. The first-order valence-electron chi connectivity index (χ1n) is 4.75. The fourth-order valence-electron chi connectivity index (χ4n) is 1.11. The number of ketones is 1. The fraction of sp³-hybridized carbons (Fsp3) is 0.778. The summed E-state index contributed by atoms with van der Waals surface area (Å²) in [6.45, 7) is 6.27. The Morgan fingerprint density at radius 2 is 2.46 bits per heavy atom. The Morgan fingerprint density at radius 3 is 3.00 bits per heavy atom. The number of rotatable bonds is 4. The third-order valence-electron chi connectivity index (χ3n) is 1.98. The Hall–Kier alpha value is -1.06. The summed E-state index contributed by atoms with van der Waals surface area (Å²) in [6.07, 6.45) is 0.582. The van der Waals surface area contributed by atoms with E-state index in [9.17, 15) is 4.79 Å². The Morgan fingerprint density at radius 1 is 1.69 bits per heavy atom. The number of carbonyl (C=O) groups is 1. The fourth-order valence-corrected chi connectivity index (χ4v) is 1.11. The number of nitrogens with zero attached hydrogens (tertiary/aromatic N) is 1. The predicted molar refractivity (Wildman–Crippen MR) is 52.8 cm³/mol. The van der Waals surface area contributed by atoms with Gasteiger partial charge in [0.05, 0.1) is 6.54 Å². The standard InChI is InChI=1S/C9H17N3O/c1-7(2)8(13)3-4-10-9-11-5-6-12-9/h7H,3-6H2,1-2H3,(H2,10,11,12). The van der Waals surface area contributed by atoms with Gasteiger partial charge in [-0.3, -0.25) is 9.79 Å². The highest BCUT2D eigenvalue weighted by atomic mass is 16.1. The third-order valence-corrected chi connectivity index (χ3v) is 1.98. The maximum Gasteiger partial charge on any atom is 0.191 e. The van der Waals surface area contributed by atoms with Gasteiger partial charge in [0, 0.05) is 25.4 Å². The first kappa shape index (κ1) is 10.0. The van der Waals surface area contributed by atoms with Crippen LogP contribution in [0.25, 0.3) is 0 Å². The molecule has 13 heavy (non-hydrogen) atoms. The van der Waals surface area contributed by atoms with Crippen molar-refractivity contribution >= 4 is 11.7 Å². The van der Waals surface area contributed by atoms with Crippen molar-refractivity contribution < 1.29 is 4.79 Å². The summed E-state index contributed by atoms with van der Waals surface area (Å²) in [6, 6.07) is 0. The van der Waals surface area contributed by atoms with Gasteiger partial charge in [0.25, 0.3) is 0 Å². The maximum absolute atomic E-state index is 11.2. The Kier molecular flexibility index (Phi) is 3.73. The Balaban J connectivity index is 2.10. The molecular formula is C9H17N3O. The van der Waals surface area contributed by atoms with Gasteiger partial charge in [0.1, 0.15) is 5.78 Å². The average Bonchev–Trinajstić information content (AvgIpc) is 2.56. The minimum Gasteiger partial charge on any atom is -0.356 e. The molecule has 0 aromatic rings. The monoisotopic (exact) mass is 183 g/mol. The molecule has 0 atom stereocenters. The van der Waals surface area contributed by atoms with Gasteiger partial charge in [-0.05, 0) is 0 Å². The lowest BCUT2D eigenvalue weighted by Crippen LogP contribution is -2.35. The van der Waals surface area contributed by atoms with E-state index in [0.29, 0.717) is 18.7 Å². The smallest absolute Gasteiger partial charge is 0.191 e. The molecule has 1 heterocycles. The molecular weight excluding hydrogens is 166 g/mol. The van der Waals surface area contributed by atoms with E-state index < -0.39 is 0 Å². The molecule has 1 rings (SSSR count). The molecule has 2 N–H and O–H groups in total. The zero-order valence-corrected chi connectivity index (χ0v) is 8.26. The Labute approximate surface area is 78.8 Å². The lowest BCUT2D eigenvalue weighted by molar-refractivity contribution is -0.121. The molecule has 1 aliphatic heterocycles. The van der Waals surface area contributed by atoms with Crippen molar-refractivity contribution in [3.05, 3.63) is 0 Å². The van der Waals surface area contributed by atoms with Crippen LogP contribution >= 0.6 is 0 Å². The normalized spacial score (nSPS) is 15.5. The molecule has 74 valence electrons. The van der Waals surface area contributed by atoms with Gasteiger partial charge in [-0.2, -0.15) is 0 Å². The van der Waals surface area contributed by atoms with E-state index in [4.69, 9.17) is 0 Å². The number of carbonyl (C=O) groups excluding carboxylic acids is 1. The van der Waals surface area contributed by atoms with Crippen molar-refractivity contribution in [2.75, 3.05) is 19.6 Å². The van der Waals surface area contributed by atoms with Gasteiger partial charge in [0.15, 0.2) is 5.96 Å². The van der Waals surface area contributed by atoms with E-state index in [1.165, 1.54) is 0 Å². The molecule has 4 heteroatoms. The van der Waals surface area contributed by atoms with Crippen molar-refractivity contribution in [3.63, 3.8) is 0 Å². The van der Waals surface area contributed by atoms with Gasteiger partial charge in [-0.25, -0.2) is 0 Å². The average molecular weight is 183 g/mol. The second-order valence-corrected chi connectivity index (χ2v) is 3.45. The molecule has 0 saturated heterocycles. The lowest BCUT2D eigenvalue weighted by Gasteiger charge is -2.06. The summed E-state index contributed by atoms with van der Waals surface area (Å²) >= 11 is 0. The number of guanidine groups is 1. The van der Waals surface area contributed by atoms with Gasteiger partial charge >= 0.3 is 0 Å². The van der Waals surface area contributed by atoms with Gasteiger partial charge in [-0.15, -0.1) is 0 Å². The van der Waals surface area contributed by atoms with E-state index in [1.54, 1.807) is 0 Å². The number of nitrogens with one attached hydrogen (secondary N) is 2. The van der Waals surface area contributed by atoms with Crippen LogP contribution in [0.3, 0.4) is 0 Å². The quantitative estimate of drug-likeness (QED) is 0.652. The molecule has 0 unspecified atom stereocenters. The van der Waals surface area contributed by atoms with E-state index in [-0.39, 0.29) is 5.92 Å². The van der Waals surface area contributed by atoms with Gasteiger partial charge < -0.3 is 10.6 Å². The van der Waals surface area contributed by atoms with E-state index in [2.05, 4.69) is 15.6 Å². The van der Waals surface area contributed by atoms with Crippen LogP contribution in [0.4, 0.5) is 0 Å². The maximum atomic E-state index is 11.2. The number of hydrogen-bond acceptors (Lipinski definition) is 4. The third kappa shape index (κ3) is 3.44. The van der Waals surface area contributed by atoms with Crippen LogP contribution in [-0.4, -0.2) is 31.4 Å². The molecule has 1 aliphatic rings. The SMILES string of the molecule is CC(C)C(=O)CCNC1=NCCN1. The highest BCUT2D eigenvalue weighted by Gasteiger charge is 2.08. The van der Waals surface area contributed by atoms with E-state index in [0.717, 1.165) is 19.0 Å². The molecule has 0 aliphatic carbocycles. The first-order valence-corrected chi connectivity index (χ1v) is 4.75. The molecule has 0 spiro atoms. The summed E-state index contributed by atoms with van der Waals surface area (Å²) in [4.78, 5) is 15.4. The summed E-state index contributed by atoms with van der Waals surface area (Å²) in [7, 11) is 0. The lowest BCUT2D eigenvalue weighted by atomic mass is 10.1. The van der Waals surface area contributed by atoms with Crippen LogP contribution in [0.15, 0.2) is 4.99 Å². The molecule has 0 aromatic heterocycles. The summed E-state index contributed by atoms with van der Waals surface area (Å²) in [5.41, 5.74) is 0. The van der Waals surface area contributed by atoms with Crippen LogP contribution in [0.5, 0.6) is 0 Å². The summed E-state index contributed by atoms with van der Waals surface area (Å²) in [5, 5.41) is 6.17. The molecule has 0 radical (unpaired) electrons. The van der Waals surface area contributed by atoms with Crippen molar-refractivity contribution in [2.45, 2.75) is 20.3 Å². The zero-order valence-electron chi connectivity index (χ0n) is 8.26. The number of Topliss-reactive ketones (excluding diaryl/α,β-unsaturated/α-hetero) is 1. The molecule has 0 fully saturated rings. The van der Waals surface area contributed by atoms with Crippen LogP contribution in [0.1, 0.15) is 20.3 Å². The minimum absolute atomic E-state index is 0.139. The minimum atomic E-state index is 0.139. The molecule has 0 saturated carbocycles. The summed E-state index contributed by atoms with van der Waals surface area (Å²) in [5.74, 6) is 1.27. The second kappa shape index (κ2) is 4.84. The highest BCUT2D eigenvalue weighted by Crippen LogP contribution is 1.97. The molecule has 0 bridgehead atoms. The van der Waals surface area contributed by atoms with Crippen molar-refractivity contribution in [1.29, 1.82) is 0 Å². The van der Waals surface area contributed by atoms with Gasteiger partial charge in [0.2, 0.25) is 0 Å². The molecule has 0 amide bonds. The van der Waals surface area contributed by atoms with E-state index in [1.807, 2.05) is 13.8 Å². The van der Waals surface area contributed by atoms with E-state index >= 15 is 0 Å². The van der Waals surface area contributed by atoms with Crippen LogP contribution in [0, 0.1) is 5.92 Å². The predicted octanol–water partition coefficient (Wildman–Crippen LogP) is 0.150. The van der Waals surface area contributed by atoms with Crippen molar-refractivity contribution in [1.82, 2.24) is 10.6 Å². The van der Waals surface area contributed by atoms with Crippen LogP contribution in [0.2, 0.25) is 0 Å². The molecule has 4 nitrogen and oxygen atoms in total. The second-order valence-electron chi connectivity index (χ2n) is 3.45.